The van der Waals surface area contributed by atoms with E-state index in [1.165, 1.54) is 11.3 Å². The second-order valence-electron chi connectivity index (χ2n) is 7.27. The number of hydrogen-bond donors (Lipinski definition) is 2. The molecule has 7 heteroatoms. The molecule has 0 aliphatic carbocycles. The molecular weight excluding hydrogens is 467 g/mol. The van der Waals surface area contributed by atoms with Crippen molar-refractivity contribution in [2.24, 2.45) is 4.99 Å². The van der Waals surface area contributed by atoms with Crippen molar-refractivity contribution in [1.82, 2.24) is 10.6 Å². The van der Waals surface area contributed by atoms with Gasteiger partial charge >= 0.3 is 0 Å². The molecule has 0 saturated carbocycles. The summed E-state index contributed by atoms with van der Waals surface area (Å²) in [6, 6.07) is 9.29. The Morgan fingerprint density at radius 3 is 2.96 bits per heavy atom. The van der Waals surface area contributed by atoms with Crippen LogP contribution >= 0.6 is 24.0 Å². The van der Waals surface area contributed by atoms with Crippen LogP contribution in [-0.4, -0.2) is 64.1 Å². The highest BCUT2D eigenvalue weighted by atomic mass is 127. The van der Waals surface area contributed by atoms with Crippen molar-refractivity contribution >= 4 is 35.6 Å². The lowest BCUT2D eigenvalue weighted by molar-refractivity contribution is 0.0424. The van der Waals surface area contributed by atoms with Gasteiger partial charge in [0.05, 0.1) is 12.7 Å². The zero-order chi connectivity index (χ0) is 18.9. The van der Waals surface area contributed by atoms with Crippen molar-refractivity contribution in [2.75, 3.05) is 50.9 Å². The SMILES string of the molecule is CCNC(=NCCCOC1CCOC1)NCCN1c2ccccc2CC1C.I. The first-order chi connectivity index (χ1) is 13.3. The van der Waals surface area contributed by atoms with Gasteiger partial charge in [0.2, 0.25) is 0 Å². The predicted molar refractivity (Wildman–Crippen MR) is 126 cm³/mol. The Morgan fingerprint density at radius 1 is 1.32 bits per heavy atom. The molecule has 2 aliphatic heterocycles. The standard InChI is InChI=1S/C21H34N4O2.HI/c1-3-22-21(23-10-6-13-27-19-9-14-26-16-19)24-11-12-25-17(2)15-18-7-4-5-8-20(18)25;/h4-5,7-8,17,19H,3,6,9-16H2,1-2H3,(H2,22,23,24);1H. The summed E-state index contributed by atoms with van der Waals surface area (Å²) >= 11 is 0. The predicted octanol–water partition coefficient (Wildman–Crippen LogP) is 2.81. The van der Waals surface area contributed by atoms with Gasteiger partial charge in [-0.1, -0.05) is 18.2 Å². The topological polar surface area (TPSA) is 58.1 Å². The van der Waals surface area contributed by atoms with Crippen molar-refractivity contribution in [2.45, 2.75) is 45.3 Å². The molecule has 0 bridgehead atoms. The minimum absolute atomic E-state index is 0. The van der Waals surface area contributed by atoms with Gasteiger partial charge in [0.15, 0.2) is 5.96 Å². The summed E-state index contributed by atoms with van der Waals surface area (Å²) in [5.74, 6) is 0.891. The normalized spacial score (nSPS) is 21.4. The molecule has 1 saturated heterocycles. The summed E-state index contributed by atoms with van der Waals surface area (Å²) in [6.45, 7) is 10.2. The van der Waals surface area contributed by atoms with Gasteiger partial charge in [0.1, 0.15) is 0 Å². The van der Waals surface area contributed by atoms with E-state index in [9.17, 15) is 0 Å². The van der Waals surface area contributed by atoms with Crippen LogP contribution in [0.4, 0.5) is 5.69 Å². The van der Waals surface area contributed by atoms with E-state index in [0.717, 1.165) is 71.2 Å². The molecule has 0 radical (unpaired) electrons. The Labute approximate surface area is 186 Å². The van der Waals surface area contributed by atoms with Crippen LogP contribution in [0, 0.1) is 0 Å². The van der Waals surface area contributed by atoms with Gasteiger partial charge in [-0.3, -0.25) is 4.99 Å². The number of ether oxygens (including phenoxy) is 2. The van der Waals surface area contributed by atoms with Crippen molar-refractivity contribution in [1.29, 1.82) is 0 Å². The highest BCUT2D eigenvalue weighted by molar-refractivity contribution is 14.0. The second-order valence-corrected chi connectivity index (χ2v) is 7.27. The number of guanidine groups is 1. The van der Waals surface area contributed by atoms with Crippen LogP contribution in [0.1, 0.15) is 32.3 Å². The Kier molecular flexibility index (Phi) is 10.4. The first-order valence-corrected chi connectivity index (χ1v) is 10.3. The number of nitrogens with one attached hydrogen (secondary N) is 2. The van der Waals surface area contributed by atoms with E-state index in [1.807, 2.05) is 0 Å². The lowest BCUT2D eigenvalue weighted by Crippen LogP contribution is -2.43. The van der Waals surface area contributed by atoms with E-state index in [-0.39, 0.29) is 30.1 Å². The molecule has 1 fully saturated rings. The number of rotatable bonds is 9. The van der Waals surface area contributed by atoms with Gasteiger partial charge in [-0.2, -0.15) is 0 Å². The molecule has 1 aromatic rings. The molecule has 6 nitrogen and oxygen atoms in total. The van der Waals surface area contributed by atoms with Crippen LogP contribution in [0.5, 0.6) is 0 Å². The van der Waals surface area contributed by atoms with Crippen molar-refractivity contribution < 1.29 is 9.47 Å². The monoisotopic (exact) mass is 502 g/mol. The first-order valence-electron chi connectivity index (χ1n) is 10.3. The fourth-order valence-corrected chi connectivity index (χ4v) is 3.76. The Balaban J connectivity index is 0.00000280. The molecule has 3 rings (SSSR count). The second kappa shape index (κ2) is 12.5. The van der Waals surface area contributed by atoms with Crippen LogP contribution in [-0.2, 0) is 15.9 Å². The summed E-state index contributed by atoms with van der Waals surface area (Å²) in [6.07, 6.45) is 3.37. The van der Waals surface area contributed by atoms with Crippen LogP contribution in [0.3, 0.4) is 0 Å². The van der Waals surface area contributed by atoms with Crippen LogP contribution in [0.2, 0.25) is 0 Å². The Morgan fingerprint density at radius 2 is 2.18 bits per heavy atom. The third kappa shape index (κ3) is 6.77. The van der Waals surface area contributed by atoms with Gasteiger partial charge in [0, 0.05) is 51.1 Å². The number of benzene rings is 1. The average Bonchev–Trinajstić information content (AvgIpc) is 3.29. The highest BCUT2D eigenvalue weighted by Crippen LogP contribution is 2.31. The van der Waals surface area contributed by atoms with E-state index < -0.39 is 0 Å². The molecule has 2 heterocycles. The summed E-state index contributed by atoms with van der Waals surface area (Å²) in [5, 5.41) is 6.80. The Bertz CT molecular complexity index is 608. The first kappa shape index (κ1) is 23.2. The molecule has 1 aromatic carbocycles. The summed E-state index contributed by atoms with van der Waals surface area (Å²) < 4.78 is 11.1. The maximum Gasteiger partial charge on any atom is 0.191 e. The summed E-state index contributed by atoms with van der Waals surface area (Å²) in [7, 11) is 0. The molecular formula is C21H35IN4O2. The molecule has 0 aromatic heterocycles. The largest absolute Gasteiger partial charge is 0.379 e. The fraction of sp³-hybridized carbons (Fsp3) is 0.667. The molecule has 0 amide bonds. The van der Waals surface area contributed by atoms with Crippen LogP contribution in [0.25, 0.3) is 0 Å². The zero-order valence-electron chi connectivity index (χ0n) is 17.2. The third-order valence-electron chi connectivity index (χ3n) is 5.15. The van der Waals surface area contributed by atoms with Crippen molar-refractivity contribution in [3.63, 3.8) is 0 Å². The van der Waals surface area contributed by atoms with Gasteiger partial charge in [-0.25, -0.2) is 0 Å². The van der Waals surface area contributed by atoms with E-state index in [0.29, 0.717) is 6.04 Å². The van der Waals surface area contributed by atoms with Gasteiger partial charge in [-0.05, 0) is 44.7 Å². The zero-order valence-corrected chi connectivity index (χ0v) is 19.5. The van der Waals surface area contributed by atoms with E-state index in [1.54, 1.807) is 0 Å². The van der Waals surface area contributed by atoms with Gasteiger partial charge in [0.25, 0.3) is 0 Å². The van der Waals surface area contributed by atoms with Crippen LogP contribution in [0.15, 0.2) is 29.3 Å². The molecule has 2 aliphatic rings. The molecule has 2 N–H and O–H groups in total. The van der Waals surface area contributed by atoms with Gasteiger partial charge < -0.3 is 25.0 Å². The number of hydrogen-bond acceptors (Lipinski definition) is 4. The van der Waals surface area contributed by atoms with Crippen LogP contribution < -0.4 is 15.5 Å². The highest BCUT2D eigenvalue weighted by Gasteiger charge is 2.24. The summed E-state index contributed by atoms with van der Waals surface area (Å²) in [5.41, 5.74) is 2.83. The average molecular weight is 502 g/mol. The van der Waals surface area contributed by atoms with Crippen molar-refractivity contribution in [3.8, 4) is 0 Å². The summed E-state index contributed by atoms with van der Waals surface area (Å²) in [4.78, 5) is 7.16. The molecule has 158 valence electrons. The lowest BCUT2D eigenvalue weighted by Gasteiger charge is -2.25. The fourth-order valence-electron chi connectivity index (χ4n) is 3.76. The quantitative estimate of drug-likeness (QED) is 0.236. The maximum absolute atomic E-state index is 5.80. The molecule has 0 spiro atoms. The molecule has 2 unspecified atom stereocenters. The number of nitrogens with zero attached hydrogens (tertiary/aromatic N) is 2. The third-order valence-corrected chi connectivity index (χ3v) is 5.15. The molecule has 28 heavy (non-hydrogen) atoms. The Hall–Kier alpha value is -1.06. The van der Waals surface area contributed by atoms with E-state index in [4.69, 9.17) is 9.47 Å². The molecule has 2 atom stereocenters. The minimum atomic E-state index is 0. The van der Waals surface area contributed by atoms with E-state index in [2.05, 4.69) is 58.6 Å². The number of fused-ring (bicyclic) bond motifs is 1. The smallest absolute Gasteiger partial charge is 0.191 e. The number of aliphatic imine (C=N–C) groups is 1. The minimum Gasteiger partial charge on any atom is -0.379 e. The maximum atomic E-state index is 5.80. The number of para-hydroxylation sites is 1. The van der Waals surface area contributed by atoms with E-state index >= 15 is 0 Å². The lowest BCUT2D eigenvalue weighted by atomic mass is 10.1. The van der Waals surface area contributed by atoms with Gasteiger partial charge in [-0.15, -0.1) is 24.0 Å². The number of anilines is 1. The van der Waals surface area contributed by atoms with Crippen molar-refractivity contribution in [3.05, 3.63) is 29.8 Å². The number of halogens is 1.